The molecule has 0 radical (unpaired) electrons. The van der Waals surface area contributed by atoms with Gasteiger partial charge in [0.05, 0.1) is 0 Å². The minimum Gasteiger partial charge on any atom is -0.311 e. The Hall–Kier alpha value is -0.0400. The van der Waals surface area contributed by atoms with Gasteiger partial charge < -0.3 is 5.32 Å². The zero-order valence-corrected chi connectivity index (χ0v) is 11.8. The summed E-state index contributed by atoms with van der Waals surface area (Å²) in [5.41, 5.74) is 0. The van der Waals surface area contributed by atoms with Crippen LogP contribution in [0.25, 0.3) is 0 Å². The summed E-state index contributed by atoms with van der Waals surface area (Å²) in [4.78, 5) is 0. The fourth-order valence-corrected chi connectivity index (χ4v) is 2.71. The zero-order chi connectivity index (χ0) is 12.0. The second kappa shape index (κ2) is 7.32. The zero-order valence-electron chi connectivity index (χ0n) is 11.8. The topological polar surface area (TPSA) is 12.0 Å². The minimum atomic E-state index is 0.731. The van der Waals surface area contributed by atoms with Crippen LogP contribution in [0, 0.1) is 11.8 Å². The van der Waals surface area contributed by atoms with Crippen molar-refractivity contribution < 1.29 is 0 Å². The first kappa shape index (κ1) is 14.0. The molecule has 1 fully saturated rings. The second-order valence-electron chi connectivity index (χ2n) is 6.09. The van der Waals surface area contributed by atoms with E-state index in [4.69, 9.17) is 0 Å². The number of hydrogen-bond donors (Lipinski definition) is 1. The van der Waals surface area contributed by atoms with Crippen LogP contribution in [0.5, 0.6) is 0 Å². The quantitative estimate of drug-likeness (QED) is 0.605. The van der Waals surface area contributed by atoms with Crippen LogP contribution in [0.1, 0.15) is 72.6 Å². The van der Waals surface area contributed by atoms with Crippen LogP contribution in [-0.2, 0) is 0 Å². The van der Waals surface area contributed by atoms with Crippen molar-refractivity contribution in [3.05, 3.63) is 0 Å². The van der Waals surface area contributed by atoms with Crippen LogP contribution < -0.4 is 5.32 Å². The Morgan fingerprint density at radius 1 is 1.06 bits per heavy atom. The maximum absolute atomic E-state index is 3.78. The number of unbranched alkanes of at least 4 members (excludes halogenated alkanes) is 3. The Bertz CT molecular complexity index is 170. The van der Waals surface area contributed by atoms with E-state index in [1.165, 1.54) is 44.9 Å². The van der Waals surface area contributed by atoms with E-state index in [0.717, 1.165) is 23.9 Å². The Morgan fingerprint density at radius 3 is 2.31 bits per heavy atom. The van der Waals surface area contributed by atoms with Gasteiger partial charge in [0.2, 0.25) is 0 Å². The number of nitrogens with one attached hydrogen (secondary N) is 1. The fourth-order valence-electron chi connectivity index (χ4n) is 2.71. The normalized spacial score (nSPS) is 26.8. The van der Waals surface area contributed by atoms with E-state index in [9.17, 15) is 0 Å². The highest BCUT2D eigenvalue weighted by Gasteiger charge is 2.31. The van der Waals surface area contributed by atoms with Crippen molar-refractivity contribution in [3.8, 4) is 0 Å². The lowest BCUT2D eigenvalue weighted by Crippen LogP contribution is -2.46. The molecular formula is C15H31N. The maximum atomic E-state index is 3.78. The van der Waals surface area contributed by atoms with Gasteiger partial charge in [-0.1, -0.05) is 46.5 Å². The first-order valence-electron chi connectivity index (χ1n) is 7.39. The molecule has 1 unspecified atom stereocenters. The Labute approximate surface area is 102 Å². The fraction of sp³-hybridized carbons (Fsp3) is 1.00. The Balaban J connectivity index is 1.97. The van der Waals surface area contributed by atoms with E-state index in [2.05, 4.69) is 33.0 Å². The van der Waals surface area contributed by atoms with E-state index in [-0.39, 0.29) is 0 Å². The van der Waals surface area contributed by atoms with Gasteiger partial charge in [-0.3, -0.25) is 0 Å². The van der Waals surface area contributed by atoms with Crippen LogP contribution in [0.15, 0.2) is 0 Å². The van der Waals surface area contributed by atoms with Crippen LogP contribution in [-0.4, -0.2) is 12.1 Å². The van der Waals surface area contributed by atoms with Crippen LogP contribution in [0.2, 0.25) is 0 Å². The predicted octanol–water partition coefficient (Wildman–Crippen LogP) is 4.37. The minimum absolute atomic E-state index is 0.731. The molecule has 0 aromatic rings. The second-order valence-corrected chi connectivity index (χ2v) is 6.09. The molecule has 1 N–H and O–H groups in total. The molecule has 0 aliphatic heterocycles. The molecule has 96 valence electrons. The molecule has 0 saturated heterocycles. The summed E-state index contributed by atoms with van der Waals surface area (Å²) in [5.74, 6) is 1.88. The maximum Gasteiger partial charge on any atom is 0.00750 e. The highest BCUT2D eigenvalue weighted by Crippen LogP contribution is 2.33. The van der Waals surface area contributed by atoms with Crippen molar-refractivity contribution >= 4 is 0 Å². The molecule has 0 aromatic carbocycles. The van der Waals surface area contributed by atoms with Gasteiger partial charge in [0.15, 0.2) is 0 Å². The van der Waals surface area contributed by atoms with Gasteiger partial charge in [-0.05, 0) is 38.0 Å². The van der Waals surface area contributed by atoms with Crippen molar-refractivity contribution in [2.24, 2.45) is 11.8 Å². The van der Waals surface area contributed by atoms with Gasteiger partial charge in [0, 0.05) is 12.1 Å². The molecule has 16 heavy (non-hydrogen) atoms. The van der Waals surface area contributed by atoms with Crippen LogP contribution in [0.4, 0.5) is 0 Å². The largest absolute Gasteiger partial charge is 0.311 e. The summed E-state index contributed by atoms with van der Waals surface area (Å²) in [5, 5.41) is 3.78. The average molecular weight is 225 g/mol. The number of rotatable bonds is 8. The molecule has 0 amide bonds. The standard InChI is InChI=1S/C15H31N/c1-5-6-7-8-9-13(4)16-15-10-14(11-15)12(2)3/h12-16H,5-11H2,1-4H3. The lowest BCUT2D eigenvalue weighted by Gasteiger charge is -2.40. The predicted molar refractivity (Wildman–Crippen MR) is 72.7 cm³/mol. The molecule has 1 heteroatoms. The summed E-state index contributed by atoms with van der Waals surface area (Å²) in [6.07, 6.45) is 9.77. The first-order valence-corrected chi connectivity index (χ1v) is 7.39. The Morgan fingerprint density at radius 2 is 1.75 bits per heavy atom. The van der Waals surface area contributed by atoms with Crippen LogP contribution >= 0.6 is 0 Å². The van der Waals surface area contributed by atoms with Crippen molar-refractivity contribution in [1.29, 1.82) is 0 Å². The molecule has 1 atom stereocenters. The van der Waals surface area contributed by atoms with Crippen molar-refractivity contribution in [3.63, 3.8) is 0 Å². The highest BCUT2D eigenvalue weighted by atomic mass is 15.0. The average Bonchev–Trinajstić information content (AvgIpc) is 2.17. The third kappa shape index (κ3) is 4.86. The van der Waals surface area contributed by atoms with E-state index in [1.54, 1.807) is 0 Å². The highest BCUT2D eigenvalue weighted by molar-refractivity contribution is 4.87. The first-order chi connectivity index (χ1) is 7.63. The lowest BCUT2D eigenvalue weighted by atomic mass is 9.73. The summed E-state index contributed by atoms with van der Waals surface area (Å²) >= 11 is 0. The van der Waals surface area contributed by atoms with Crippen molar-refractivity contribution in [2.75, 3.05) is 0 Å². The molecule has 0 heterocycles. The molecule has 1 aliphatic rings. The van der Waals surface area contributed by atoms with E-state index < -0.39 is 0 Å². The van der Waals surface area contributed by atoms with E-state index in [1.807, 2.05) is 0 Å². The summed E-state index contributed by atoms with van der Waals surface area (Å²) in [6, 6.07) is 1.56. The molecule has 1 rings (SSSR count). The molecule has 0 aromatic heterocycles. The summed E-state index contributed by atoms with van der Waals surface area (Å²) in [6.45, 7) is 9.35. The SMILES string of the molecule is CCCCCCC(C)NC1CC(C(C)C)C1. The lowest BCUT2D eigenvalue weighted by molar-refractivity contribution is 0.157. The molecule has 0 bridgehead atoms. The Kier molecular flexibility index (Phi) is 6.41. The van der Waals surface area contributed by atoms with Gasteiger partial charge in [-0.25, -0.2) is 0 Å². The molecule has 0 spiro atoms. The molecule has 1 saturated carbocycles. The molecule has 1 nitrogen and oxygen atoms in total. The van der Waals surface area contributed by atoms with Gasteiger partial charge in [-0.2, -0.15) is 0 Å². The van der Waals surface area contributed by atoms with E-state index >= 15 is 0 Å². The third-order valence-electron chi connectivity index (χ3n) is 4.13. The van der Waals surface area contributed by atoms with Gasteiger partial charge in [0.1, 0.15) is 0 Å². The smallest absolute Gasteiger partial charge is 0.00750 e. The molecule has 1 aliphatic carbocycles. The summed E-state index contributed by atoms with van der Waals surface area (Å²) in [7, 11) is 0. The van der Waals surface area contributed by atoms with E-state index in [0.29, 0.717) is 0 Å². The van der Waals surface area contributed by atoms with Crippen molar-refractivity contribution in [1.82, 2.24) is 5.32 Å². The summed E-state index contributed by atoms with van der Waals surface area (Å²) < 4.78 is 0. The third-order valence-corrected chi connectivity index (χ3v) is 4.13. The number of hydrogen-bond acceptors (Lipinski definition) is 1. The monoisotopic (exact) mass is 225 g/mol. The van der Waals surface area contributed by atoms with Gasteiger partial charge in [0.25, 0.3) is 0 Å². The van der Waals surface area contributed by atoms with Gasteiger partial charge in [-0.15, -0.1) is 0 Å². The van der Waals surface area contributed by atoms with Crippen molar-refractivity contribution in [2.45, 2.75) is 84.7 Å². The van der Waals surface area contributed by atoms with Gasteiger partial charge >= 0.3 is 0 Å². The van der Waals surface area contributed by atoms with Crippen LogP contribution in [0.3, 0.4) is 0 Å². The molecular weight excluding hydrogens is 194 g/mol.